The van der Waals surface area contributed by atoms with Crippen molar-refractivity contribution in [3.8, 4) is 0 Å². The van der Waals surface area contributed by atoms with Gasteiger partial charge >= 0.3 is 0 Å². The van der Waals surface area contributed by atoms with Gasteiger partial charge in [0.25, 0.3) is 0 Å². The number of thiazole rings is 1. The Morgan fingerprint density at radius 3 is 2.73 bits per heavy atom. The molecular weight excluding hydrogens is 162 g/mol. The number of hydrogen-bond acceptors (Lipinski definition) is 5. The number of nitrogens with two attached hydrogens (primary N) is 1. The summed E-state index contributed by atoms with van der Waals surface area (Å²) in [6, 6.07) is 0. The molecule has 0 atom stereocenters. The molecule has 0 saturated carbocycles. The van der Waals surface area contributed by atoms with E-state index in [0.29, 0.717) is 10.9 Å². The fourth-order valence-corrected chi connectivity index (χ4v) is 1.03. The summed E-state index contributed by atoms with van der Waals surface area (Å²) in [7, 11) is 0. The summed E-state index contributed by atoms with van der Waals surface area (Å²) in [4.78, 5) is 3.83. The smallest absolute Gasteiger partial charge is 0.186 e. The van der Waals surface area contributed by atoms with E-state index in [1.54, 1.807) is 5.38 Å². The highest BCUT2D eigenvalue weighted by Crippen LogP contribution is 2.15. The van der Waals surface area contributed by atoms with Crippen molar-refractivity contribution in [2.24, 2.45) is 0 Å². The first-order valence-corrected chi connectivity index (χ1v) is 4.26. The molecule has 0 bridgehead atoms. The van der Waals surface area contributed by atoms with Crippen LogP contribution in [0.2, 0.25) is 0 Å². The van der Waals surface area contributed by atoms with Gasteiger partial charge < -0.3 is 16.2 Å². The molecule has 1 rings (SSSR count). The molecule has 0 saturated heterocycles. The summed E-state index contributed by atoms with van der Waals surface area (Å²) in [5.41, 5.74) is 5.29. The van der Waals surface area contributed by atoms with Crippen LogP contribution in [0.4, 0.5) is 10.9 Å². The van der Waals surface area contributed by atoms with Gasteiger partial charge in [0.1, 0.15) is 12.5 Å². The van der Waals surface area contributed by atoms with Crippen molar-refractivity contribution in [2.45, 2.75) is 13.8 Å². The van der Waals surface area contributed by atoms with Crippen LogP contribution in [0.25, 0.3) is 0 Å². The van der Waals surface area contributed by atoms with Crippen molar-refractivity contribution in [1.29, 1.82) is 0 Å². The van der Waals surface area contributed by atoms with E-state index in [1.807, 2.05) is 13.8 Å². The number of aromatic nitrogens is 1. The van der Waals surface area contributed by atoms with E-state index in [0.717, 1.165) is 0 Å². The van der Waals surface area contributed by atoms with Crippen LogP contribution in [0, 0.1) is 0 Å². The Kier molecular flexibility index (Phi) is 5.50. The minimum absolute atomic E-state index is 0.104. The Morgan fingerprint density at radius 1 is 1.73 bits per heavy atom. The van der Waals surface area contributed by atoms with Gasteiger partial charge in [0.15, 0.2) is 5.13 Å². The van der Waals surface area contributed by atoms with Crippen LogP contribution in [0.3, 0.4) is 0 Å². The van der Waals surface area contributed by atoms with Gasteiger partial charge in [-0.25, -0.2) is 4.98 Å². The van der Waals surface area contributed by atoms with Crippen LogP contribution in [-0.2, 0) is 0 Å². The van der Waals surface area contributed by atoms with E-state index in [-0.39, 0.29) is 6.73 Å². The quantitative estimate of drug-likeness (QED) is 0.589. The van der Waals surface area contributed by atoms with Crippen molar-refractivity contribution in [1.82, 2.24) is 4.98 Å². The van der Waals surface area contributed by atoms with Gasteiger partial charge in [0.05, 0.1) is 0 Å². The average Bonchev–Trinajstić information content (AvgIpc) is 2.41. The Hall–Kier alpha value is -0.810. The lowest BCUT2D eigenvalue weighted by Gasteiger charge is -1.91. The maximum absolute atomic E-state index is 8.34. The summed E-state index contributed by atoms with van der Waals surface area (Å²) in [5, 5.41) is 13.3. The number of nitrogens with one attached hydrogen (secondary N) is 1. The maximum atomic E-state index is 8.34. The van der Waals surface area contributed by atoms with Crippen LogP contribution in [0.15, 0.2) is 5.38 Å². The molecule has 0 amide bonds. The highest BCUT2D eigenvalue weighted by molar-refractivity contribution is 7.14. The molecule has 4 nitrogen and oxygen atoms in total. The number of aliphatic hydroxyl groups is 1. The minimum atomic E-state index is -0.104. The van der Waals surface area contributed by atoms with Gasteiger partial charge in [-0.15, -0.1) is 11.3 Å². The molecule has 1 aromatic heterocycles. The highest BCUT2D eigenvalue weighted by Gasteiger charge is 1.93. The molecule has 1 aromatic rings. The van der Waals surface area contributed by atoms with Gasteiger partial charge in [-0.2, -0.15) is 0 Å². The van der Waals surface area contributed by atoms with Crippen molar-refractivity contribution in [3.63, 3.8) is 0 Å². The van der Waals surface area contributed by atoms with Crippen LogP contribution < -0.4 is 11.1 Å². The monoisotopic (exact) mass is 175 g/mol. The predicted octanol–water partition coefficient (Wildman–Crippen LogP) is 1.11. The van der Waals surface area contributed by atoms with Crippen molar-refractivity contribution < 1.29 is 5.11 Å². The van der Waals surface area contributed by atoms with E-state index in [1.165, 1.54) is 11.3 Å². The number of nitrogen functional groups attached to an aromatic ring is 1. The topological polar surface area (TPSA) is 71.2 Å². The zero-order valence-corrected chi connectivity index (χ0v) is 7.48. The van der Waals surface area contributed by atoms with E-state index < -0.39 is 0 Å². The van der Waals surface area contributed by atoms with E-state index in [2.05, 4.69) is 10.3 Å². The van der Waals surface area contributed by atoms with Gasteiger partial charge in [0.2, 0.25) is 0 Å². The molecule has 4 N–H and O–H groups in total. The fraction of sp³-hybridized carbons (Fsp3) is 0.500. The maximum Gasteiger partial charge on any atom is 0.186 e. The van der Waals surface area contributed by atoms with Crippen molar-refractivity contribution >= 4 is 22.3 Å². The Balaban J connectivity index is 0.000000461. The van der Waals surface area contributed by atoms with Crippen LogP contribution in [-0.4, -0.2) is 16.8 Å². The predicted molar refractivity (Wildman–Crippen MR) is 48.6 cm³/mol. The third kappa shape index (κ3) is 3.79. The lowest BCUT2D eigenvalue weighted by Crippen LogP contribution is -1.98. The average molecular weight is 175 g/mol. The molecule has 0 aliphatic carbocycles. The largest absolute Gasteiger partial charge is 0.383 e. The van der Waals surface area contributed by atoms with Crippen molar-refractivity contribution in [2.75, 3.05) is 17.8 Å². The van der Waals surface area contributed by atoms with Crippen molar-refractivity contribution in [3.05, 3.63) is 5.38 Å². The lowest BCUT2D eigenvalue weighted by molar-refractivity contribution is 0.325. The first kappa shape index (κ1) is 10.2. The van der Waals surface area contributed by atoms with E-state index in [4.69, 9.17) is 10.8 Å². The molecule has 0 unspecified atom stereocenters. The summed E-state index contributed by atoms with van der Waals surface area (Å²) < 4.78 is 0. The normalized spacial score (nSPS) is 8.27. The third-order valence-electron chi connectivity index (χ3n) is 0.752. The zero-order chi connectivity index (χ0) is 8.69. The minimum Gasteiger partial charge on any atom is -0.383 e. The molecule has 0 spiro atoms. The Bertz CT molecular complexity index is 190. The number of nitrogens with zero attached hydrogens (tertiary/aromatic N) is 1. The lowest BCUT2D eigenvalue weighted by atomic mass is 10.8. The van der Waals surface area contributed by atoms with Crippen LogP contribution in [0.5, 0.6) is 0 Å². The molecular formula is C6H13N3OS. The third-order valence-corrected chi connectivity index (χ3v) is 1.57. The van der Waals surface area contributed by atoms with Crippen LogP contribution >= 0.6 is 11.3 Å². The summed E-state index contributed by atoms with van der Waals surface area (Å²) in [5.74, 6) is 0.482. The number of anilines is 2. The molecule has 1 heterocycles. The second-order valence-corrected chi connectivity index (χ2v) is 2.27. The molecule has 0 aromatic carbocycles. The Labute approximate surface area is 70.1 Å². The zero-order valence-electron chi connectivity index (χ0n) is 6.66. The second kappa shape index (κ2) is 5.94. The van der Waals surface area contributed by atoms with Gasteiger partial charge in [0, 0.05) is 5.38 Å². The highest BCUT2D eigenvalue weighted by atomic mass is 32.1. The second-order valence-electron chi connectivity index (χ2n) is 1.41. The molecule has 5 heteroatoms. The first-order valence-electron chi connectivity index (χ1n) is 3.38. The molecule has 11 heavy (non-hydrogen) atoms. The van der Waals surface area contributed by atoms with Gasteiger partial charge in [-0.3, -0.25) is 0 Å². The fourth-order valence-electron chi connectivity index (χ4n) is 0.435. The molecule has 0 fully saturated rings. The summed E-state index contributed by atoms with van der Waals surface area (Å²) in [6.07, 6.45) is 0. The Morgan fingerprint density at radius 2 is 2.36 bits per heavy atom. The summed E-state index contributed by atoms with van der Waals surface area (Å²) in [6.45, 7) is 3.90. The first-order chi connectivity index (χ1) is 5.33. The SMILES string of the molecule is CC.Nc1csc(NCO)n1. The molecule has 64 valence electrons. The molecule has 0 aliphatic heterocycles. The summed E-state index contributed by atoms with van der Waals surface area (Å²) >= 11 is 1.37. The van der Waals surface area contributed by atoms with E-state index in [9.17, 15) is 0 Å². The van der Waals surface area contributed by atoms with Gasteiger partial charge in [-0.05, 0) is 0 Å². The number of rotatable bonds is 2. The standard InChI is InChI=1S/C4H7N3OS.C2H6/c5-3-1-9-4(7-3)6-2-8;1-2/h1,8H,2,5H2,(H,6,7);1-2H3. The molecule has 0 radical (unpaired) electrons. The number of hydrogen-bond donors (Lipinski definition) is 3. The van der Waals surface area contributed by atoms with Crippen LogP contribution in [0.1, 0.15) is 13.8 Å². The number of aliphatic hydroxyl groups excluding tert-OH is 1. The molecule has 0 aliphatic rings. The van der Waals surface area contributed by atoms with E-state index >= 15 is 0 Å². The van der Waals surface area contributed by atoms with Gasteiger partial charge in [-0.1, -0.05) is 13.8 Å².